The van der Waals surface area contributed by atoms with E-state index in [1.807, 2.05) is 41.4 Å². The number of aromatic nitrogens is 2. The number of hydrogen-bond donors (Lipinski definition) is 0. The number of carbonyl (C=O) groups excluding carboxylic acids is 1. The number of benzene rings is 1. The molecule has 2 aromatic heterocycles. The number of amides is 1. The molecule has 1 aliphatic heterocycles. The average molecular weight is 351 g/mol. The van der Waals surface area contributed by atoms with Crippen molar-refractivity contribution in [3.63, 3.8) is 0 Å². The zero-order valence-electron chi connectivity index (χ0n) is 14.3. The minimum atomic E-state index is 0.0977. The van der Waals surface area contributed by atoms with Crippen LogP contribution >= 0.6 is 11.3 Å². The first kappa shape index (κ1) is 16.2. The van der Waals surface area contributed by atoms with Crippen molar-refractivity contribution in [2.24, 2.45) is 0 Å². The molecule has 0 spiro atoms. The van der Waals surface area contributed by atoms with Crippen molar-refractivity contribution in [3.8, 4) is 0 Å². The van der Waals surface area contributed by atoms with Crippen molar-refractivity contribution in [1.29, 1.82) is 0 Å². The Hall–Kier alpha value is -2.27. The molecule has 1 amide bonds. The molecule has 0 saturated carbocycles. The van der Waals surface area contributed by atoms with E-state index in [0.717, 1.165) is 46.7 Å². The van der Waals surface area contributed by atoms with Crippen LogP contribution in [0.25, 0.3) is 10.3 Å². The molecule has 0 N–H and O–H groups in total. The van der Waals surface area contributed by atoms with Crippen LogP contribution in [0.15, 0.2) is 42.6 Å². The van der Waals surface area contributed by atoms with Gasteiger partial charge in [0.15, 0.2) is 5.65 Å². The zero-order valence-corrected chi connectivity index (χ0v) is 15.1. The van der Waals surface area contributed by atoms with Gasteiger partial charge in [-0.2, -0.15) is 0 Å². The molecule has 1 fully saturated rings. The maximum atomic E-state index is 12.8. The predicted octanol–water partition coefficient (Wildman–Crippen LogP) is 4.16. The van der Waals surface area contributed by atoms with Crippen molar-refractivity contribution < 1.29 is 4.79 Å². The molecule has 4 nitrogen and oxygen atoms in total. The van der Waals surface area contributed by atoms with Gasteiger partial charge in [-0.15, -0.1) is 11.3 Å². The van der Waals surface area contributed by atoms with Crippen LogP contribution in [0, 0.1) is 0 Å². The molecule has 3 aromatic rings. The molecule has 3 heterocycles. The molecule has 5 heteroatoms. The van der Waals surface area contributed by atoms with E-state index in [0.29, 0.717) is 6.42 Å². The van der Waals surface area contributed by atoms with Crippen molar-refractivity contribution in [3.05, 3.63) is 58.7 Å². The van der Waals surface area contributed by atoms with Gasteiger partial charge in [0.1, 0.15) is 5.01 Å². The van der Waals surface area contributed by atoms with E-state index < -0.39 is 0 Å². The Kier molecular flexibility index (Phi) is 4.49. The topological polar surface area (TPSA) is 46.1 Å². The van der Waals surface area contributed by atoms with Gasteiger partial charge in [-0.1, -0.05) is 37.3 Å². The monoisotopic (exact) mass is 351 g/mol. The molecule has 0 radical (unpaired) electrons. The quantitative estimate of drug-likeness (QED) is 0.709. The summed E-state index contributed by atoms with van der Waals surface area (Å²) in [5.41, 5.74) is 3.10. The molecular formula is C20H21N3OS. The number of aryl methyl sites for hydroxylation is 1. The summed E-state index contributed by atoms with van der Waals surface area (Å²) in [6.07, 6.45) is 5.36. The van der Waals surface area contributed by atoms with Gasteiger partial charge in [0.2, 0.25) is 5.91 Å². The second-order valence-electron chi connectivity index (χ2n) is 6.48. The van der Waals surface area contributed by atoms with Crippen molar-refractivity contribution in [1.82, 2.24) is 14.9 Å². The fraction of sp³-hybridized carbons (Fsp3) is 0.350. The van der Waals surface area contributed by atoms with E-state index in [1.54, 1.807) is 11.3 Å². The molecule has 4 rings (SSSR count). The number of fused-ring (bicyclic) bond motifs is 1. The fourth-order valence-corrected chi connectivity index (χ4v) is 4.55. The molecule has 25 heavy (non-hydrogen) atoms. The normalized spacial score (nSPS) is 17.3. The van der Waals surface area contributed by atoms with Gasteiger partial charge in [-0.05, 0) is 36.5 Å². The number of nitrogens with zero attached hydrogens (tertiary/aromatic N) is 3. The summed E-state index contributed by atoms with van der Waals surface area (Å²) in [7, 11) is 0. The van der Waals surface area contributed by atoms with Crippen LogP contribution in [0.5, 0.6) is 0 Å². The van der Waals surface area contributed by atoms with Crippen LogP contribution in [0.1, 0.15) is 41.9 Å². The van der Waals surface area contributed by atoms with Crippen LogP contribution in [-0.2, 0) is 17.6 Å². The van der Waals surface area contributed by atoms with Gasteiger partial charge in [-0.25, -0.2) is 9.97 Å². The molecule has 1 unspecified atom stereocenters. The fourth-order valence-electron chi connectivity index (χ4n) is 3.41. The minimum Gasteiger partial charge on any atom is -0.333 e. The average Bonchev–Trinajstić information content (AvgIpc) is 3.28. The van der Waals surface area contributed by atoms with E-state index in [9.17, 15) is 4.79 Å². The molecule has 128 valence electrons. The standard InChI is InChI=1S/C20H21N3OS/c1-2-14-11-17-19(21-13-14)22-20(25-17)16-9-6-10-23(16)18(24)12-15-7-4-3-5-8-15/h3-5,7-8,11,13,16H,2,6,9-10,12H2,1H3. The molecule has 1 atom stereocenters. The van der Waals surface area contributed by atoms with Crippen molar-refractivity contribution in [2.75, 3.05) is 6.54 Å². The van der Waals surface area contributed by atoms with E-state index in [1.165, 1.54) is 5.56 Å². The first-order valence-corrected chi connectivity index (χ1v) is 9.65. The first-order chi connectivity index (χ1) is 12.2. The summed E-state index contributed by atoms with van der Waals surface area (Å²) in [5.74, 6) is 0.190. The van der Waals surface area contributed by atoms with Gasteiger partial charge in [0.05, 0.1) is 17.2 Å². The molecule has 1 saturated heterocycles. The maximum Gasteiger partial charge on any atom is 0.227 e. The number of hydrogen-bond acceptors (Lipinski definition) is 4. The summed E-state index contributed by atoms with van der Waals surface area (Å²) in [6.45, 7) is 2.95. The van der Waals surface area contributed by atoms with Gasteiger partial charge in [-0.3, -0.25) is 4.79 Å². The second kappa shape index (κ2) is 6.92. The highest BCUT2D eigenvalue weighted by Gasteiger charge is 2.32. The molecule has 0 aliphatic carbocycles. The van der Waals surface area contributed by atoms with E-state index in [4.69, 9.17) is 4.98 Å². The van der Waals surface area contributed by atoms with Crippen LogP contribution in [0.3, 0.4) is 0 Å². The van der Waals surface area contributed by atoms with E-state index >= 15 is 0 Å². The van der Waals surface area contributed by atoms with Crippen LogP contribution in [0.4, 0.5) is 0 Å². The zero-order chi connectivity index (χ0) is 17.2. The highest BCUT2D eigenvalue weighted by Crippen LogP contribution is 2.36. The lowest BCUT2D eigenvalue weighted by atomic mass is 10.1. The van der Waals surface area contributed by atoms with Crippen molar-refractivity contribution >= 4 is 27.6 Å². The Labute approximate surface area is 151 Å². The Balaban J connectivity index is 1.57. The smallest absolute Gasteiger partial charge is 0.227 e. The highest BCUT2D eigenvalue weighted by molar-refractivity contribution is 7.18. The predicted molar refractivity (Wildman–Crippen MR) is 101 cm³/mol. The molecule has 0 bridgehead atoms. The lowest BCUT2D eigenvalue weighted by Gasteiger charge is -2.23. The number of carbonyl (C=O) groups is 1. The Morgan fingerprint density at radius 3 is 2.92 bits per heavy atom. The number of pyridine rings is 1. The molecule has 1 aromatic carbocycles. The van der Waals surface area contributed by atoms with Gasteiger partial charge in [0, 0.05) is 12.7 Å². The van der Waals surface area contributed by atoms with E-state index in [2.05, 4.69) is 18.0 Å². The summed E-state index contributed by atoms with van der Waals surface area (Å²) >= 11 is 1.68. The summed E-state index contributed by atoms with van der Waals surface area (Å²) in [6, 6.07) is 12.2. The third kappa shape index (κ3) is 3.29. The molecular weight excluding hydrogens is 330 g/mol. The van der Waals surface area contributed by atoms with Crippen molar-refractivity contribution in [2.45, 2.75) is 38.6 Å². The SMILES string of the molecule is CCc1cnc2nc(C3CCCN3C(=O)Cc3ccccc3)sc2c1. The summed E-state index contributed by atoms with van der Waals surface area (Å²) in [4.78, 5) is 24.0. The van der Waals surface area contributed by atoms with Gasteiger partial charge < -0.3 is 4.90 Å². The Morgan fingerprint density at radius 1 is 1.28 bits per heavy atom. The first-order valence-electron chi connectivity index (χ1n) is 8.83. The van der Waals surface area contributed by atoms with Crippen LogP contribution in [-0.4, -0.2) is 27.3 Å². The number of rotatable bonds is 4. The lowest BCUT2D eigenvalue weighted by molar-refractivity contribution is -0.131. The highest BCUT2D eigenvalue weighted by atomic mass is 32.1. The number of thiazole rings is 1. The lowest BCUT2D eigenvalue weighted by Crippen LogP contribution is -2.31. The number of likely N-dealkylation sites (tertiary alicyclic amines) is 1. The van der Waals surface area contributed by atoms with E-state index in [-0.39, 0.29) is 11.9 Å². The Morgan fingerprint density at radius 2 is 2.12 bits per heavy atom. The van der Waals surface area contributed by atoms with Gasteiger partial charge >= 0.3 is 0 Å². The van der Waals surface area contributed by atoms with Crippen LogP contribution < -0.4 is 0 Å². The van der Waals surface area contributed by atoms with Gasteiger partial charge in [0.25, 0.3) is 0 Å². The third-order valence-corrected chi connectivity index (χ3v) is 5.88. The maximum absolute atomic E-state index is 12.8. The molecule has 1 aliphatic rings. The Bertz CT molecular complexity index is 890. The minimum absolute atomic E-state index is 0.0977. The second-order valence-corrected chi connectivity index (χ2v) is 7.54. The summed E-state index contributed by atoms with van der Waals surface area (Å²) < 4.78 is 1.12. The third-order valence-electron chi connectivity index (χ3n) is 4.78. The van der Waals surface area contributed by atoms with Crippen LogP contribution in [0.2, 0.25) is 0 Å². The largest absolute Gasteiger partial charge is 0.333 e. The summed E-state index contributed by atoms with van der Waals surface area (Å²) in [5, 5.41) is 1.02.